The Morgan fingerprint density at radius 1 is 0.878 bits per heavy atom. The van der Waals surface area contributed by atoms with E-state index in [9.17, 15) is 14.4 Å². The standard InChI is InChI=1S/C52H53ClN14O4S3/c1-30-31(2)74-52-45(30)47(33-7-9-37(53)10-8-33)60-40(49-64-61-32(3)67(49)52)26-43(68)54-17-20-71-21-18-57-50(69)35-23-34-24-36(51(70)56-16-15-44-55-19-22-72-44)27-58-46(34)42(25-35)73-28-41-48(59-29-66(41)6)63-62-38-11-13-39(14-12-38)65(4)5/h7-14,19,22-25,27,29,40H,15-18,20-21,26,28H2,1-6H3,(H,54,68)(H,56,70)(H,57,69)/t40-/m0/s1. The molecule has 0 spiro atoms. The van der Waals surface area contributed by atoms with Gasteiger partial charge in [-0.25, -0.2) is 9.97 Å². The third-order valence-electron chi connectivity index (χ3n) is 12.2. The lowest BCUT2D eigenvalue weighted by molar-refractivity contribution is -0.121. The number of imidazole rings is 1. The Labute approximate surface area is 444 Å². The van der Waals surface area contributed by atoms with Crippen molar-refractivity contribution in [1.82, 2.24) is 50.2 Å². The van der Waals surface area contributed by atoms with Crippen LogP contribution in [0.5, 0.6) is 0 Å². The molecule has 0 fully saturated rings. The summed E-state index contributed by atoms with van der Waals surface area (Å²) in [5, 5.41) is 31.7. The topological polar surface area (TPSA) is 211 Å². The van der Waals surface area contributed by atoms with Crippen molar-refractivity contribution in [2.24, 2.45) is 22.3 Å². The van der Waals surface area contributed by atoms with Gasteiger partial charge in [0.25, 0.3) is 11.8 Å². The molecule has 1 aliphatic rings. The van der Waals surface area contributed by atoms with Crippen LogP contribution in [0.15, 0.2) is 111 Å². The number of pyridine rings is 1. The maximum Gasteiger partial charge on any atom is 0.252 e. The number of aromatic nitrogens is 7. The van der Waals surface area contributed by atoms with Crippen molar-refractivity contribution < 1.29 is 19.1 Å². The summed E-state index contributed by atoms with van der Waals surface area (Å²) < 4.78 is 9.76. The van der Waals surface area contributed by atoms with Crippen molar-refractivity contribution in [3.05, 3.63) is 151 Å². The average molecular weight is 1070 g/mol. The average Bonchev–Trinajstić information content (AvgIpc) is 4.19. The van der Waals surface area contributed by atoms with E-state index >= 15 is 0 Å². The molecule has 9 rings (SSSR count). The Morgan fingerprint density at radius 3 is 2.38 bits per heavy atom. The monoisotopic (exact) mass is 1070 g/mol. The Balaban J connectivity index is 0.833. The summed E-state index contributed by atoms with van der Waals surface area (Å²) in [6, 6.07) is 20.0. The largest absolute Gasteiger partial charge is 0.378 e. The first kappa shape index (κ1) is 51.7. The highest BCUT2D eigenvalue weighted by molar-refractivity contribution is 7.98. The minimum absolute atomic E-state index is 0.0417. The molecule has 5 aromatic heterocycles. The molecule has 74 heavy (non-hydrogen) atoms. The summed E-state index contributed by atoms with van der Waals surface area (Å²) in [7, 11) is 5.85. The number of benzene rings is 3. The number of amides is 3. The molecular weight excluding hydrogens is 1020 g/mol. The molecule has 0 unspecified atom stereocenters. The van der Waals surface area contributed by atoms with Gasteiger partial charge in [-0.1, -0.05) is 23.7 Å². The minimum atomic E-state index is -0.605. The number of fused-ring (bicyclic) bond motifs is 4. The van der Waals surface area contributed by atoms with E-state index in [0.717, 1.165) is 53.6 Å². The second-order valence-electron chi connectivity index (χ2n) is 17.6. The van der Waals surface area contributed by atoms with E-state index in [1.165, 1.54) is 23.1 Å². The highest BCUT2D eigenvalue weighted by Gasteiger charge is 2.32. The third-order valence-corrected chi connectivity index (χ3v) is 15.6. The van der Waals surface area contributed by atoms with E-state index < -0.39 is 6.04 Å². The molecule has 22 heteroatoms. The zero-order chi connectivity index (χ0) is 51.9. The Bertz CT molecular complexity index is 3390. The lowest BCUT2D eigenvalue weighted by atomic mass is 9.99. The van der Waals surface area contributed by atoms with Crippen LogP contribution >= 0.6 is 46.0 Å². The number of ether oxygens (including phenoxy) is 1. The zero-order valence-corrected chi connectivity index (χ0v) is 44.8. The number of nitrogens with one attached hydrogen (secondary N) is 3. The van der Waals surface area contributed by atoms with Crippen LogP contribution in [0.3, 0.4) is 0 Å². The highest BCUT2D eigenvalue weighted by atomic mass is 35.5. The van der Waals surface area contributed by atoms with Crippen LogP contribution in [0.25, 0.3) is 15.9 Å². The summed E-state index contributed by atoms with van der Waals surface area (Å²) in [5.74, 6) is 1.38. The van der Waals surface area contributed by atoms with Gasteiger partial charge in [0.2, 0.25) is 5.91 Å². The predicted molar refractivity (Wildman–Crippen MR) is 292 cm³/mol. The van der Waals surface area contributed by atoms with E-state index in [1.54, 1.807) is 48.3 Å². The molecule has 380 valence electrons. The van der Waals surface area contributed by atoms with Crippen molar-refractivity contribution in [1.29, 1.82) is 0 Å². The van der Waals surface area contributed by atoms with Crippen molar-refractivity contribution in [2.75, 3.05) is 51.8 Å². The summed E-state index contributed by atoms with van der Waals surface area (Å²) in [4.78, 5) is 63.3. The molecule has 0 saturated carbocycles. The molecule has 18 nitrogen and oxygen atoms in total. The highest BCUT2D eigenvalue weighted by Crippen LogP contribution is 2.40. The normalized spacial score (nSPS) is 13.1. The molecular formula is C52H53ClN14O4S3. The Hall–Kier alpha value is -7.17. The number of carbonyl (C=O) groups is 3. The van der Waals surface area contributed by atoms with E-state index in [0.29, 0.717) is 68.9 Å². The van der Waals surface area contributed by atoms with Crippen molar-refractivity contribution in [3.63, 3.8) is 0 Å². The molecule has 1 atom stereocenters. The zero-order valence-electron chi connectivity index (χ0n) is 41.5. The van der Waals surface area contributed by atoms with Gasteiger partial charge in [-0.3, -0.25) is 28.9 Å². The fourth-order valence-electron chi connectivity index (χ4n) is 8.19. The van der Waals surface area contributed by atoms with E-state index in [4.69, 9.17) is 26.3 Å². The molecule has 3 amide bonds. The molecule has 0 bridgehead atoms. The summed E-state index contributed by atoms with van der Waals surface area (Å²) >= 11 is 10.9. The van der Waals surface area contributed by atoms with Crippen LogP contribution in [0, 0.1) is 20.8 Å². The quantitative estimate of drug-likeness (QED) is 0.0372. The van der Waals surface area contributed by atoms with Gasteiger partial charge < -0.3 is 30.2 Å². The number of anilines is 1. The second kappa shape index (κ2) is 23.4. The maximum absolute atomic E-state index is 13.8. The number of thiazole rings is 1. The molecule has 3 N–H and O–H groups in total. The molecule has 0 aliphatic carbocycles. The molecule has 1 aliphatic heterocycles. The van der Waals surface area contributed by atoms with Gasteiger partial charge in [0.05, 0.1) is 59.1 Å². The minimum Gasteiger partial charge on any atom is -0.378 e. The number of hydrogen-bond acceptors (Lipinski definition) is 16. The van der Waals surface area contributed by atoms with Crippen LogP contribution in [0.4, 0.5) is 17.2 Å². The lowest BCUT2D eigenvalue weighted by Gasteiger charge is -2.13. The van der Waals surface area contributed by atoms with Gasteiger partial charge in [0, 0.05) is 113 Å². The fourth-order valence-corrected chi connectivity index (χ4v) is 11.3. The van der Waals surface area contributed by atoms with E-state index in [2.05, 4.69) is 60.2 Å². The molecule has 0 radical (unpaired) electrons. The fraction of sp³-hybridized carbons (Fsp3) is 0.288. The number of thiophene rings is 1. The summed E-state index contributed by atoms with van der Waals surface area (Å²) in [5.41, 5.74) is 7.71. The van der Waals surface area contributed by atoms with Gasteiger partial charge in [-0.15, -0.1) is 54.9 Å². The number of azo groups is 1. The number of rotatable bonds is 20. The first-order chi connectivity index (χ1) is 35.8. The first-order valence-corrected chi connectivity index (χ1v) is 26.8. The van der Waals surface area contributed by atoms with E-state index in [-0.39, 0.29) is 50.4 Å². The van der Waals surface area contributed by atoms with Crippen LogP contribution in [-0.4, -0.2) is 105 Å². The van der Waals surface area contributed by atoms with Crippen LogP contribution in [0.1, 0.15) is 77.1 Å². The van der Waals surface area contributed by atoms with Gasteiger partial charge in [0.15, 0.2) is 11.6 Å². The number of nitrogens with zero attached hydrogens (tertiary/aromatic N) is 11. The third kappa shape index (κ3) is 11.9. The first-order valence-electron chi connectivity index (χ1n) is 23.7. The van der Waals surface area contributed by atoms with Crippen LogP contribution < -0.4 is 20.9 Å². The number of carbonyl (C=O) groups excluding carboxylic acids is 3. The summed E-state index contributed by atoms with van der Waals surface area (Å²) in [6.07, 6.45) is 5.63. The molecule has 8 aromatic rings. The van der Waals surface area contributed by atoms with Gasteiger partial charge in [-0.05, 0) is 80.9 Å². The number of thioether (sulfide) groups is 1. The smallest absolute Gasteiger partial charge is 0.252 e. The second-order valence-corrected chi connectivity index (χ2v) is 21.2. The molecule has 0 saturated heterocycles. The van der Waals surface area contributed by atoms with Crippen molar-refractivity contribution >= 4 is 97.6 Å². The Morgan fingerprint density at radius 2 is 1.62 bits per heavy atom. The van der Waals surface area contributed by atoms with Crippen LogP contribution in [0.2, 0.25) is 5.02 Å². The van der Waals surface area contributed by atoms with Gasteiger partial charge >= 0.3 is 0 Å². The number of halogens is 1. The molecule has 6 heterocycles. The number of aryl methyl sites for hydroxylation is 3. The predicted octanol–water partition coefficient (Wildman–Crippen LogP) is 9.24. The Kier molecular flexibility index (Phi) is 16.3. The maximum atomic E-state index is 13.8. The van der Waals surface area contributed by atoms with Crippen molar-refractivity contribution in [3.8, 4) is 5.00 Å². The van der Waals surface area contributed by atoms with Crippen molar-refractivity contribution in [2.45, 2.75) is 50.3 Å². The van der Waals surface area contributed by atoms with Crippen LogP contribution in [-0.2, 0) is 28.8 Å². The van der Waals surface area contributed by atoms with Gasteiger partial charge in [0.1, 0.15) is 16.9 Å². The number of aliphatic imine (C=N–C) groups is 1. The summed E-state index contributed by atoms with van der Waals surface area (Å²) in [6.45, 7) is 7.35. The lowest BCUT2D eigenvalue weighted by Crippen LogP contribution is -2.31. The van der Waals surface area contributed by atoms with E-state index in [1.807, 2.05) is 96.0 Å². The molecule has 3 aromatic carbocycles. The number of hydrogen-bond donors (Lipinski definition) is 3. The van der Waals surface area contributed by atoms with Gasteiger partial charge in [-0.2, -0.15) is 0 Å². The SMILES string of the molecule is Cc1sc2c(c1C)C(c1ccc(Cl)cc1)=N[C@@H](CC(=O)NCCOCCNC(=O)c1cc(SCc3c(N=Nc4ccc(N(C)C)cc4)ncn3C)c3ncc(C(=O)NCCc4nccs4)cc3c1)c1nnc(C)n1-2.